The number of nitrogens with zero attached hydrogens (tertiary/aromatic N) is 2. The summed E-state index contributed by atoms with van der Waals surface area (Å²) < 4.78 is 32.6. The van der Waals surface area contributed by atoms with Gasteiger partial charge in [-0.15, -0.1) is 10.2 Å². The first-order valence-electron chi connectivity index (χ1n) is 5.68. The van der Waals surface area contributed by atoms with Gasteiger partial charge >= 0.3 is 0 Å². The van der Waals surface area contributed by atoms with Crippen molar-refractivity contribution in [2.45, 2.75) is 0 Å². The first-order valence-corrected chi connectivity index (χ1v) is 6.47. The van der Waals surface area contributed by atoms with Crippen molar-refractivity contribution in [3.05, 3.63) is 58.6 Å². The van der Waals surface area contributed by atoms with Gasteiger partial charge in [-0.1, -0.05) is 22.0 Å². The van der Waals surface area contributed by atoms with Crippen molar-refractivity contribution >= 4 is 15.9 Å². The molecule has 3 rings (SSSR count). The van der Waals surface area contributed by atoms with E-state index in [9.17, 15) is 8.78 Å². The Morgan fingerprint density at radius 2 is 1.50 bits per heavy atom. The number of rotatable bonds is 2. The van der Waals surface area contributed by atoms with Crippen molar-refractivity contribution < 1.29 is 13.2 Å². The molecule has 0 aliphatic carbocycles. The molecule has 0 saturated carbocycles. The van der Waals surface area contributed by atoms with E-state index in [4.69, 9.17) is 4.42 Å². The topological polar surface area (TPSA) is 38.9 Å². The number of hydrogen-bond donors (Lipinski definition) is 0. The number of hydrogen-bond acceptors (Lipinski definition) is 3. The van der Waals surface area contributed by atoms with Crippen LogP contribution in [0.2, 0.25) is 0 Å². The maximum atomic E-state index is 13.2. The predicted molar refractivity (Wildman–Crippen MR) is 72.8 cm³/mol. The Morgan fingerprint density at radius 3 is 2.15 bits per heavy atom. The smallest absolute Gasteiger partial charge is 0.248 e. The third kappa shape index (κ3) is 2.60. The first kappa shape index (κ1) is 12.9. The fourth-order valence-corrected chi connectivity index (χ4v) is 2.15. The molecule has 0 aliphatic rings. The summed E-state index contributed by atoms with van der Waals surface area (Å²) in [5, 5.41) is 7.69. The molecule has 0 bridgehead atoms. The van der Waals surface area contributed by atoms with E-state index >= 15 is 0 Å². The van der Waals surface area contributed by atoms with Gasteiger partial charge in [-0.3, -0.25) is 0 Å². The Morgan fingerprint density at radius 1 is 0.850 bits per heavy atom. The minimum Gasteiger partial charge on any atom is -0.416 e. The largest absolute Gasteiger partial charge is 0.416 e. The van der Waals surface area contributed by atoms with E-state index in [1.165, 1.54) is 0 Å². The van der Waals surface area contributed by atoms with Gasteiger partial charge in [0.1, 0.15) is 11.6 Å². The predicted octanol–water partition coefficient (Wildman–Crippen LogP) is 4.44. The van der Waals surface area contributed by atoms with Crippen molar-refractivity contribution in [2.24, 2.45) is 0 Å². The van der Waals surface area contributed by atoms with Gasteiger partial charge in [0, 0.05) is 21.7 Å². The molecule has 1 aromatic heterocycles. The Balaban J connectivity index is 2.02. The van der Waals surface area contributed by atoms with Crippen molar-refractivity contribution in [2.75, 3.05) is 0 Å². The van der Waals surface area contributed by atoms with Gasteiger partial charge in [-0.2, -0.15) is 0 Å². The molecule has 0 unspecified atom stereocenters. The van der Waals surface area contributed by atoms with Gasteiger partial charge < -0.3 is 4.42 Å². The van der Waals surface area contributed by atoms with Crippen molar-refractivity contribution in [3.8, 4) is 22.9 Å². The van der Waals surface area contributed by atoms with Gasteiger partial charge in [0.25, 0.3) is 0 Å². The Hall–Kier alpha value is -2.08. The average Bonchev–Trinajstić information content (AvgIpc) is 2.87. The molecule has 0 atom stereocenters. The summed E-state index contributed by atoms with van der Waals surface area (Å²) in [6, 6.07) is 10.4. The monoisotopic (exact) mass is 336 g/mol. The van der Waals surface area contributed by atoms with Gasteiger partial charge in [0.2, 0.25) is 11.8 Å². The van der Waals surface area contributed by atoms with Crippen molar-refractivity contribution in [1.82, 2.24) is 10.2 Å². The van der Waals surface area contributed by atoms with Crippen LogP contribution >= 0.6 is 15.9 Å². The summed E-state index contributed by atoms with van der Waals surface area (Å²) in [5.41, 5.74) is 0.922. The van der Waals surface area contributed by atoms with Crippen LogP contribution in [-0.2, 0) is 0 Å². The van der Waals surface area contributed by atoms with E-state index in [1.54, 1.807) is 6.07 Å². The zero-order valence-corrected chi connectivity index (χ0v) is 11.6. The average molecular weight is 337 g/mol. The standard InChI is InChI=1S/C14H7BrF2N2O/c15-10-3-1-2-8(4-10)13-18-19-14(20-13)9-5-11(16)7-12(17)6-9/h1-7H. The molecule has 3 nitrogen and oxygen atoms in total. The number of benzene rings is 2. The lowest BCUT2D eigenvalue weighted by Crippen LogP contribution is -1.84. The number of aromatic nitrogens is 2. The van der Waals surface area contributed by atoms with Crippen LogP contribution in [0.3, 0.4) is 0 Å². The van der Waals surface area contributed by atoms with E-state index in [1.807, 2.05) is 18.2 Å². The molecule has 6 heteroatoms. The van der Waals surface area contributed by atoms with Crippen LogP contribution in [-0.4, -0.2) is 10.2 Å². The van der Waals surface area contributed by atoms with Crippen molar-refractivity contribution in [3.63, 3.8) is 0 Å². The van der Waals surface area contributed by atoms with E-state index < -0.39 is 11.6 Å². The van der Waals surface area contributed by atoms with Gasteiger partial charge in [0.15, 0.2) is 0 Å². The lowest BCUT2D eigenvalue weighted by molar-refractivity contribution is 0.569. The summed E-state index contributed by atoms with van der Waals surface area (Å²) in [5.74, 6) is -1.03. The minimum absolute atomic E-state index is 0.0679. The molecule has 3 aromatic rings. The highest BCUT2D eigenvalue weighted by Gasteiger charge is 2.12. The fraction of sp³-hybridized carbons (Fsp3) is 0. The second-order valence-corrected chi connectivity index (χ2v) is 5.00. The highest BCUT2D eigenvalue weighted by atomic mass is 79.9. The van der Waals surface area contributed by atoms with E-state index in [0.717, 1.165) is 28.2 Å². The third-order valence-electron chi connectivity index (χ3n) is 2.61. The second kappa shape index (κ2) is 5.13. The zero-order valence-electron chi connectivity index (χ0n) is 9.98. The van der Waals surface area contributed by atoms with Gasteiger partial charge in [0.05, 0.1) is 0 Å². The molecule has 0 radical (unpaired) electrons. The van der Waals surface area contributed by atoms with Gasteiger partial charge in [-0.05, 0) is 30.3 Å². The second-order valence-electron chi connectivity index (χ2n) is 4.08. The summed E-state index contributed by atoms with van der Waals surface area (Å²) in [6.45, 7) is 0. The van der Waals surface area contributed by atoms with Crippen LogP contribution in [0.25, 0.3) is 22.9 Å². The van der Waals surface area contributed by atoms with Crippen LogP contribution in [0.15, 0.2) is 51.4 Å². The fourth-order valence-electron chi connectivity index (χ4n) is 1.76. The van der Waals surface area contributed by atoms with E-state index in [2.05, 4.69) is 26.1 Å². The molecule has 1 heterocycles. The lowest BCUT2D eigenvalue weighted by Gasteiger charge is -1.97. The van der Waals surface area contributed by atoms with Crippen molar-refractivity contribution in [1.29, 1.82) is 0 Å². The third-order valence-corrected chi connectivity index (χ3v) is 3.10. The maximum absolute atomic E-state index is 13.2. The minimum atomic E-state index is -0.692. The molecular weight excluding hydrogens is 330 g/mol. The normalized spacial score (nSPS) is 10.8. The Bertz CT molecular complexity index is 753. The SMILES string of the molecule is Fc1cc(F)cc(-c2nnc(-c3cccc(Br)c3)o2)c1. The molecule has 0 saturated heterocycles. The number of halogens is 3. The lowest BCUT2D eigenvalue weighted by atomic mass is 10.2. The molecule has 0 amide bonds. The summed E-state index contributed by atoms with van der Waals surface area (Å²) in [7, 11) is 0. The van der Waals surface area contributed by atoms with Crippen LogP contribution in [0.1, 0.15) is 0 Å². The summed E-state index contributed by atoms with van der Waals surface area (Å²) in [4.78, 5) is 0. The van der Waals surface area contributed by atoms with Crippen LogP contribution in [0, 0.1) is 11.6 Å². The molecule has 0 N–H and O–H groups in total. The maximum Gasteiger partial charge on any atom is 0.248 e. The Kier molecular flexibility index (Phi) is 3.31. The quantitative estimate of drug-likeness (QED) is 0.694. The van der Waals surface area contributed by atoms with Crippen LogP contribution in [0.5, 0.6) is 0 Å². The zero-order chi connectivity index (χ0) is 14.1. The first-order chi connectivity index (χ1) is 9.61. The molecule has 100 valence electrons. The highest BCUT2D eigenvalue weighted by Crippen LogP contribution is 2.26. The molecule has 2 aromatic carbocycles. The Labute approximate surface area is 121 Å². The summed E-state index contributed by atoms with van der Waals surface area (Å²) in [6.07, 6.45) is 0. The molecule has 0 spiro atoms. The molecule has 0 fully saturated rings. The highest BCUT2D eigenvalue weighted by molar-refractivity contribution is 9.10. The van der Waals surface area contributed by atoms with Crippen LogP contribution in [0.4, 0.5) is 8.78 Å². The summed E-state index contributed by atoms with van der Waals surface area (Å²) >= 11 is 3.34. The molecular formula is C14H7BrF2N2O. The van der Waals surface area contributed by atoms with E-state index in [-0.39, 0.29) is 17.3 Å². The molecule has 20 heavy (non-hydrogen) atoms. The molecule has 0 aliphatic heterocycles. The van der Waals surface area contributed by atoms with Gasteiger partial charge in [-0.25, -0.2) is 8.78 Å². The van der Waals surface area contributed by atoms with E-state index in [0.29, 0.717) is 0 Å². The van der Waals surface area contributed by atoms with Crippen LogP contribution < -0.4 is 0 Å².